The van der Waals surface area contributed by atoms with Crippen molar-refractivity contribution in [3.63, 3.8) is 0 Å². The van der Waals surface area contributed by atoms with Crippen LogP contribution < -0.4 is 5.32 Å². The van der Waals surface area contributed by atoms with Crippen molar-refractivity contribution in [1.82, 2.24) is 14.7 Å². The monoisotopic (exact) mass is 272 g/mol. The highest BCUT2D eigenvalue weighted by Gasteiger charge is 2.28. The molecule has 19 heavy (non-hydrogen) atoms. The summed E-state index contributed by atoms with van der Waals surface area (Å²) in [5.74, 6) is 0.527. The normalized spacial score (nSPS) is 28.8. The van der Waals surface area contributed by atoms with Gasteiger partial charge in [-0.3, -0.25) is 4.68 Å². The van der Waals surface area contributed by atoms with E-state index in [0.717, 1.165) is 18.7 Å². The summed E-state index contributed by atoms with van der Waals surface area (Å²) >= 11 is 0. The van der Waals surface area contributed by atoms with Crippen LogP contribution in [0.15, 0.2) is 12.4 Å². The zero-order valence-corrected chi connectivity index (χ0v) is 11.7. The van der Waals surface area contributed by atoms with Crippen LogP contribution in [0.5, 0.6) is 0 Å². The van der Waals surface area contributed by atoms with Crippen molar-refractivity contribution in [3.05, 3.63) is 12.4 Å². The van der Waals surface area contributed by atoms with Crippen molar-refractivity contribution in [3.8, 4) is 0 Å². The number of halogens is 2. The summed E-state index contributed by atoms with van der Waals surface area (Å²) in [6.07, 6.45) is 1.97. The molecule has 0 saturated carbocycles. The molecule has 1 aliphatic heterocycles. The van der Waals surface area contributed by atoms with E-state index in [1.165, 1.54) is 4.68 Å². The van der Waals surface area contributed by atoms with Crippen molar-refractivity contribution in [2.24, 2.45) is 5.92 Å². The number of alkyl halides is 2. The molecule has 0 radical (unpaired) electrons. The third-order valence-electron chi connectivity index (χ3n) is 3.92. The molecule has 0 spiro atoms. The Morgan fingerprint density at radius 2 is 2.21 bits per heavy atom. The van der Waals surface area contributed by atoms with Gasteiger partial charge < -0.3 is 10.2 Å². The van der Waals surface area contributed by atoms with E-state index in [4.69, 9.17) is 0 Å². The largest absolute Gasteiger partial charge is 0.379 e. The topological polar surface area (TPSA) is 33.1 Å². The molecule has 0 unspecified atom stereocenters. The van der Waals surface area contributed by atoms with Gasteiger partial charge in [-0.1, -0.05) is 6.92 Å². The Labute approximate surface area is 112 Å². The Morgan fingerprint density at radius 1 is 1.47 bits per heavy atom. The first-order valence-electron chi connectivity index (χ1n) is 6.73. The molecule has 2 heterocycles. The average molecular weight is 272 g/mol. The molecule has 6 heteroatoms. The summed E-state index contributed by atoms with van der Waals surface area (Å²) in [6, 6.07) is 0.903. The van der Waals surface area contributed by atoms with Crippen LogP contribution in [0.2, 0.25) is 0 Å². The molecule has 4 nitrogen and oxygen atoms in total. The summed E-state index contributed by atoms with van der Waals surface area (Å²) < 4.78 is 25.8. The third-order valence-corrected chi connectivity index (χ3v) is 3.92. The lowest BCUT2D eigenvalue weighted by Crippen LogP contribution is -2.48. The van der Waals surface area contributed by atoms with E-state index in [1.807, 2.05) is 0 Å². The summed E-state index contributed by atoms with van der Waals surface area (Å²) in [5.41, 5.74) is 0.828. The van der Waals surface area contributed by atoms with Crippen LogP contribution in [0.1, 0.15) is 20.3 Å². The number of aromatic nitrogens is 2. The lowest BCUT2D eigenvalue weighted by atomic mass is 9.90. The Kier molecular flexibility index (Phi) is 4.39. The van der Waals surface area contributed by atoms with E-state index in [0.29, 0.717) is 18.0 Å². The summed E-state index contributed by atoms with van der Waals surface area (Å²) in [4.78, 5) is 2.35. The zero-order chi connectivity index (χ0) is 14.0. The van der Waals surface area contributed by atoms with E-state index in [1.54, 1.807) is 12.4 Å². The standard InChI is InChI=1S/C13H22F2N4/c1-9-6-18(3)10(2)4-12(9)17-11-5-16-19(7-11)8-13(14)15/h5,7,9-10,12-13,17H,4,6,8H2,1-3H3/t9-,10-,12-/m1/s1. The van der Waals surface area contributed by atoms with Gasteiger partial charge in [0.15, 0.2) is 0 Å². The van der Waals surface area contributed by atoms with Crippen LogP contribution in [-0.4, -0.2) is 46.8 Å². The second kappa shape index (κ2) is 5.86. The molecule has 0 bridgehead atoms. The maximum atomic E-state index is 12.3. The second-order valence-corrected chi connectivity index (χ2v) is 5.59. The SMILES string of the molecule is C[C@@H]1CN(C)[C@H](C)C[C@H]1Nc1cnn(CC(F)F)c1. The van der Waals surface area contributed by atoms with Crippen LogP contribution >= 0.6 is 0 Å². The predicted octanol–water partition coefficient (Wildman–Crippen LogP) is 2.29. The minimum absolute atomic E-state index is 0.346. The fourth-order valence-corrected chi connectivity index (χ4v) is 2.64. The minimum atomic E-state index is -2.37. The molecule has 0 aromatic carbocycles. The molecule has 0 amide bonds. The maximum Gasteiger partial charge on any atom is 0.257 e. The number of hydrogen-bond acceptors (Lipinski definition) is 3. The number of piperidine rings is 1. The van der Waals surface area contributed by atoms with Gasteiger partial charge >= 0.3 is 0 Å². The molecule has 1 aliphatic rings. The molecule has 1 saturated heterocycles. The highest BCUT2D eigenvalue weighted by molar-refractivity contribution is 5.39. The fraction of sp³-hybridized carbons (Fsp3) is 0.769. The Hall–Kier alpha value is -1.17. The van der Waals surface area contributed by atoms with E-state index in [2.05, 4.69) is 36.2 Å². The van der Waals surface area contributed by atoms with Gasteiger partial charge in [0.25, 0.3) is 6.43 Å². The Bertz CT molecular complexity index is 407. The summed E-state index contributed by atoms with van der Waals surface area (Å²) in [5, 5.41) is 7.36. The quantitative estimate of drug-likeness (QED) is 0.913. The molecular formula is C13H22F2N4. The zero-order valence-electron chi connectivity index (χ0n) is 11.7. The number of rotatable bonds is 4. The summed E-state index contributed by atoms with van der Waals surface area (Å²) in [6.45, 7) is 5.12. The second-order valence-electron chi connectivity index (χ2n) is 5.59. The predicted molar refractivity (Wildman–Crippen MR) is 71.5 cm³/mol. The van der Waals surface area contributed by atoms with Crippen LogP contribution in [0, 0.1) is 5.92 Å². The van der Waals surface area contributed by atoms with Crippen LogP contribution in [0.4, 0.5) is 14.5 Å². The number of nitrogens with zero attached hydrogens (tertiary/aromatic N) is 3. The van der Waals surface area contributed by atoms with Crippen LogP contribution in [0.3, 0.4) is 0 Å². The van der Waals surface area contributed by atoms with E-state index >= 15 is 0 Å². The number of anilines is 1. The van der Waals surface area contributed by atoms with Gasteiger partial charge in [0.05, 0.1) is 11.9 Å². The van der Waals surface area contributed by atoms with E-state index in [-0.39, 0.29) is 6.54 Å². The highest BCUT2D eigenvalue weighted by atomic mass is 19.3. The van der Waals surface area contributed by atoms with Crippen molar-refractivity contribution in [1.29, 1.82) is 0 Å². The maximum absolute atomic E-state index is 12.3. The van der Waals surface area contributed by atoms with E-state index in [9.17, 15) is 8.78 Å². The fourth-order valence-electron chi connectivity index (χ4n) is 2.64. The first-order chi connectivity index (χ1) is 8.95. The minimum Gasteiger partial charge on any atom is -0.379 e. The van der Waals surface area contributed by atoms with Crippen molar-refractivity contribution >= 4 is 5.69 Å². The van der Waals surface area contributed by atoms with Crippen molar-refractivity contribution in [2.75, 3.05) is 18.9 Å². The van der Waals surface area contributed by atoms with Gasteiger partial charge in [-0.25, -0.2) is 8.78 Å². The molecule has 1 N–H and O–H groups in total. The van der Waals surface area contributed by atoms with Crippen LogP contribution in [-0.2, 0) is 6.54 Å². The van der Waals surface area contributed by atoms with Crippen molar-refractivity contribution in [2.45, 2.75) is 45.3 Å². The highest BCUT2D eigenvalue weighted by Crippen LogP contribution is 2.24. The van der Waals surface area contributed by atoms with Gasteiger partial charge in [-0.05, 0) is 26.3 Å². The van der Waals surface area contributed by atoms with Gasteiger partial charge in [0, 0.05) is 24.8 Å². The number of hydrogen-bond donors (Lipinski definition) is 1. The van der Waals surface area contributed by atoms with Gasteiger partial charge in [0.1, 0.15) is 6.54 Å². The third kappa shape index (κ3) is 3.65. The summed E-state index contributed by atoms with van der Waals surface area (Å²) in [7, 11) is 2.14. The first kappa shape index (κ1) is 14.2. The molecule has 108 valence electrons. The van der Waals surface area contributed by atoms with E-state index < -0.39 is 6.43 Å². The number of nitrogens with one attached hydrogen (secondary N) is 1. The Balaban J connectivity index is 1.95. The molecule has 0 aliphatic carbocycles. The van der Waals surface area contributed by atoms with Gasteiger partial charge in [-0.15, -0.1) is 0 Å². The lowest BCUT2D eigenvalue weighted by Gasteiger charge is -2.40. The molecule has 2 rings (SSSR count). The smallest absolute Gasteiger partial charge is 0.257 e. The average Bonchev–Trinajstić information content (AvgIpc) is 2.72. The molecular weight excluding hydrogens is 250 g/mol. The van der Waals surface area contributed by atoms with Gasteiger partial charge in [0.2, 0.25) is 0 Å². The molecule has 1 aromatic rings. The number of likely N-dealkylation sites (tertiary alicyclic amines) is 1. The Morgan fingerprint density at radius 3 is 2.89 bits per heavy atom. The first-order valence-corrected chi connectivity index (χ1v) is 6.73. The lowest BCUT2D eigenvalue weighted by molar-refractivity contribution is 0.122. The molecule has 1 fully saturated rings. The molecule has 1 aromatic heterocycles. The van der Waals surface area contributed by atoms with Gasteiger partial charge in [-0.2, -0.15) is 5.10 Å². The van der Waals surface area contributed by atoms with Crippen LogP contribution in [0.25, 0.3) is 0 Å². The van der Waals surface area contributed by atoms with Crippen molar-refractivity contribution < 1.29 is 8.78 Å². The molecule has 3 atom stereocenters.